The Hall–Kier alpha value is -0.830. The van der Waals surface area contributed by atoms with E-state index in [1.165, 1.54) is 0 Å². The van der Waals surface area contributed by atoms with Crippen LogP contribution >= 0.6 is 11.6 Å². The van der Waals surface area contributed by atoms with Crippen molar-refractivity contribution in [3.8, 4) is 0 Å². The van der Waals surface area contributed by atoms with E-state index < -0.39 is 11.9 Å². The maximum Gasteiger partial charge on any atom is 0.321 e. The summed E-state index contributed by atoms with van der Waals surface area (Å²) in [6.07, 6.45) is 3.91. The third-order valence-electron chi connectivity index (χ3n) is 2.22. The van der Waals surface area contributed by atoms with E-state index in [1.54, 1.807) is 12.2 Å². The number of fused-ring (bicyclic) bond motifs is 1. The number of carbonyl (C=O) groups is 2. The Balaban J connectivity index is 2.29. The van der Waals surface area contributed by atoms with Crippen molar-refractivity contribution in [1.29, 1.82) is 0 Å². The quantitative estimate of drug-likeness (QED) is 0.244. The molecule has 1 aliphatic carbocycles. The zero-order valence-electron chi connectivity index (χ0n) is 6.20. The highest BCUT2D eigenvalue weighted by Crippen LogP contribution is 2.34. The number of allylic oxidation sites excluding steroid dienone is 1. The van der Waals surface area contributed by atoms with Gasteiger partial charge < -0.3 is 4.74 Å². The number of rotatable bonds is 0. The predicted octanol–water partition coefficient (Wildman–Crippen LogP) is 0.869. The summed E-state index contributed by atoms with van der Waals surface area (Å²) in [5.41, 5.74) is 0. The minimum absolute atomic E-state index is 0.148. The van der Waals surface area contributed by atoms with E-state index in [2.05, 4.69) is 4.74 Å². The van der Waals surface area contributed by atoms with Crippen LogP contribution in [0.15, 0.2) is 12.2 Å². The van der Waals surface area contributed by atoms with E-state index in [0.29, 0.717) is 6.42 Å². The number of halogens is 1. The molecule has 64 valence electrons. The smallest absolute Gasteiger partial charge is 0.321 e. The van der Waals surface area contributed by atoms with Crippen molar-refractivity contribution in [2.45, 2.75) is 11.8 Å². The molecule has 0 amide bonds. The zero-order valence-corrected chi connectivity index (χ0v) is 6.95. The summed E-state index contributed by atoms with van der Waals surface area (Å²) in [5.74, 6) is -1.60. The number of esters is 2. The second-order valence-electron chi connectivity index (χ2n) is 3.01. The molecule has 0 unspecified atom stereocenters. The van der Waals surface area contributed by atoms with E-state index in [1.807, 2.05) is 0 Å². The lowest BCUT2D eigenvalue weighted by Gasteiger charge is -2.16. The van der Waals surface area contributed by atoms with Crippen LogP contribution in [0.5, 0.6) is 0 Å². The van der Waals surface area contributed by atoms with Gasteiger partial charge in [0.05, 0.1) is 17.2 Å². The van der Waals surface area contributed by atoms with Gasteiger partial charge in [-0.15, -0.1) is 11.6 Å². The fourth-order valence-corrected chi connectivity index (χ4v) is 1.85. The molecule has 0 saturated carbocycles. The van der Waals surface area contributed by atoms with Crippen molar-refractivity contribution in [1.82, 2.24) is 0 Å². The summed E-state index contributed by atoms with van der Waals surface area (Å²) in [6.45, 7) is 0. The van der Waals surface area contributed by atoms with E-state index >= 15 is 0 Å². The molecule has 2 aliphatic rings. The SMILES string of the molecule is O=C1OC(=O)[C@@H]2C[C@@H](Cl)C=C[C@@H]12. The monoisotopic (exact) mass is 186 g/mol. The predicted molar refractivity (Wildman–Crippen MR) is 41.5 cm³/mol. The van der Waals surface area contributed by atoms with Gasteiger partial charge in [0.2, 0.25) is 0 Å². The lowest BCUT2D eigenvalue weighted by Crippen LogP contribution is -2.23. The first kappa shape index (κ1) is 7.80. The van der Waals surface area contributed by atoms with Gasteiger partial charge in [-0.1, -0.05) is 12.2 Å². The molecule has 0 aromatic heterocycles. The maximum absolute atomic E-state index is 11.0. The third kappa shape index (κ3) is 1.05. The molecule has 3 nitrogen and oxygen atoms in total. The van der Waals surface area contributed by atoms with Crippen LogP contribution in [0.3, 0.4) is 0 Å². The third-order valence-corrected chi connectivity index (χ3v) is 2.54. The number of alkyl halides is 1. The molecule has 1 aliphatic heterocycles. The Morgan fingerprint density at radius 2 is 2.08 bits per heavy atom. The Morgan fingerprint density at radius 1 is 1.33 bits per heavy atom. The highest BCUT2D eigenvalue weighted by Gasteiger charge is 2.44. The number of ether oxygens (including phenoxy) is 1. The van der Waals surface area contributed by atoms with Gasteiger partial charge in [0.1, 0.15) is 0 Å². The van der Waals surface area contributed by atoms with Crippen molar-refractivity contribution in [2.75, 3.05) is 0 Å². The molecule has 2 rings (SSSR count). The van der Waals surface area contributed by atoms with Crippen LogP contribution in [0.2, 0.25) is 0 Å². The van der Waals surface area contributed by atoms with Crippen molar-refractivity contribution in [3.05, 3.63) is 12.2 Å². The summed E-state index contributed by atoms with van der Waals surface area (Å²) in [7, 11) is 0. The van der Waals surface area contributed by atoms with Crippen molar-refractivity contribution < 1.29 is 14.3 Å². The molecule has 1 saturated heterocycles. The lowest BCUT2D eigenvalue weighted by atomic mass is 9.86. The molecule has 12 heavy (non-hydrogen) atoms. The zero-order chi connectivity index (χ0) is 8.72. The second kappa shape index (κ2) is 2.59. The van der Waals surface area contributed by atoms with Crippen LogP contribution in [0.1, 0.15) is 6.42 Å². The van der Waals surface area contributed by atoms with Crippen LogP contribution in [0, 0.1) is 11.8 Å². The van der Waals surface area contributed by atoms with Gasteiger partial charge >= 0.3 is 11.9 Å². The summed E-state index contributed by atoms with van der Waals surface area (Å²) in [6, 6.07) is 0. The van der Waals surface area contributed by atoms with Gasteiger partial charge in [-0.05, 0) is 6.42 Å². The van der Waals surface area contributed by atoms with Gasteiger partial charge in [0.25, 0.3) is 0 Å². The van der Waals surface area contributed by atoms with E-state index in [9.17, 15) is 9.59 Å². The molecule has 1 fully saturated rings. The minimum atomic E-state index is -0.440. The first-order valence-electron chi connectivity index (χ1n) is 3.76. The van der Waals surface area contributed by atoms with Crippen molar-refractivity contribution in [2.24, 2.45) is 11.8 Å². The molecule has 0 bridgehead atoms. The van der Waals surface area contributed by atoms with Crippen molar-refractivity contribution >= 4 is 23.5 Å². The molecule has 1 heterocycles. The van der Waals surface area contributed by atoms with E-state index in [4.69, 9.17) is 11.6 Å². The normalized spacial score (nSPS) is 39.6. The van der Waals surface area contributed by atoms with Gasteiger partial charge in [-0.3, -0.25) is 9.59 Å². The Kier molecular flexibility index (Phi) is 1.68. The van der Waals surface area contributed by atoms with Crippen LogP contribution in [-0.4, -0.2) is 17.3 Å². The molecule has 0 N–H and O–H groups in total. The van der Waals surface area contributed by atoms with Crippen LogP contribution in [0.4, 0.5) is 0 Å². The molecule has 0 radical (unpaired) electrons. The molecular weight excluding hydrogens is 180 g/mol. The minimum Gasteiger partial charge on any atom is -0.392 e. The summed E-state index contributed by atoms with van der Waals surface area (Å²) < 4.78 is 4.47. The van der Waals surface area contributed by atoms with Crippen LogP contribution in [-0.2, 0) is 14.3 Å². The van der Waals surface area contributed by atoms with Crippen LogP contribution in [0.25, 0.3) is 0 Å². The molecule has 4 heteroatoms. The molecule has 3 atom stereocenters. The van der Waals surface area contributed by atoms with Gasteiger partial charge in [0.15, 0.2) is 0 Å². The summed E-state index contributed by atoms with van der Waals surface area (Å²) in [4.78, 5) is 22.0. The van der Waals surface area contributed by atoms with Gasteiger partial charge in [-0.2, -0.15) is 0 Å². The Labute approximate surface area is 74.3 Å². The first-order chi connectivity index (χ1) is 5.68. The van der Waals surface area contributed by atoms with Gasteiger partial charge in [-0.25, -0.2) is 0 Å². The number of hydrogen-bond donors (Lipinski definition) is 0. The van der Waals surface area contributed by atoms with Crippen LogP contribution < -0.4 is 0 Å². The van der Waals surface area contributed by atoms with Crippen molar-refractivity contribution in [3.63, 3.8) is 0 Å². The van der Waals surface area contributed by atoms with E-state index in [-0.39, 0.29) is 17.2 Å². The van der Waals surface area contributed by atoms with Gasteiger partial charge in [0, 0.05) is 0 Å². The Morgan fingerprint density at radius 3 is 2.83 bits per heavy atom. The Bertz CT molecular complexity index is 271. The standard InChI is InChI=1S/C8H7ClO3/c9-4-1-2-5-6(3-4)8(11)12-7(5)10/h1-2,4-6H,3H2/t4-,5+,6+/m0/s1. The molecule has 0 spiro atoms. The largest absolute Gasteiger partial charge is 0.392 e. The topological polar surface area (TPSA) is 43.4 Å². The second-order valence-corrected chi connectivity index (χ2v) is 3.57. The fourth-order valence-electron chi connectivity index (χ4n) is 1.57. The molecule has 0 aromatic rings. The molecular formula is C8H7ClO3. The fraction of sp³-hybridized carbons (Fsp3) is 0.500. The number of cyclic esters (lactones) is 2. The number of hydrogen-bond acceptors (Lipinski definition) is 3. The van der Waals surface area contributed by atoms with E-state index in [0.717, 1.165) is 0 Å². The lowest BCUT2D eigenvalue weighted by molar-refractivity contribution is -0.153. The average molecular weight is 187 g/mol. The first-order valence-corrected chi connectivity index (χ1v) is 4.20. The highest BCUT2D eigenvalue weighted by atomic mass is 35.5. The summed E-state index contributed by atoms with van der Waals surface area (Å²) in [5, 5.41) is -0.148. The summed E-state index contributed by atoms with van der Waals surface area (Å²) >= 11 is 5.79. The highest BCUT2D eigenvalue weighted by molar-refractivity contribution is 6.22. The number of carbonyl (C=O) groups excluding carboxylic acids is 2. The average Bonchev–Trinajstić information content (AvgIpc) is 2.28. The molecule has 0 aromatic carbocycles. The maximum atomic E-state index is 11.0.